The van der Waals surface area contributed by atoms with E-state index >= 15 is 0 Å². The second-order valence-corrected chi connectivity index (χ2v) is 9.65. The maximum atomic E-state index is 13.2. The number of hydrogen-bond acceptors (Lipinski definition) is 4. The second-order valence-electron chi connectivity index (χ2n) is 9.65. The molecule has 0 unspecified atom stereocenters. The van der Waals surface area contributed by atoms with Crippen LogP contribution >= 0.6 is 0 Å². The van der Waals surface area contributed by atoms with Gasteiger partial charge in [0.15, 0.2) is 5.78 Å². The zero-order chi connectivity index (χ0) is 22.8. The maximum absolute atomic E-state index is 13.2. The van der Waals surface area contributed by atoms with E-state index in [1.807, 2.05) is 18.2 Å². The molecule has 0 radical (unpaired) electrons. The molecule has 0 aromatic heterocycles. The molecule has 3 rings (SSSR count). The van der Waals surface area contributed by atoms with Crippen LogP contribution in [-0.2, 0) is 0 Å². The van der Waals surface area contributed by atoms with Crippen molar-refractivity contribution in [1.29, 1.82) is 0 Å². The Morgan fingerprint density at radius 2 is 1.42 bits per heavy atom. The number of carbonyl (C=O) groups is 2. The number of ether oxygens (including phenoxy) is 2. The van der Waals surface area contributed by atoms with Gasteiger partial charge in [0.25, 0.3) is 5.91 Å². The van der Waals surface area contributed by atoms with Gasteiger partial charge in [-0.25, -0.2) is 0 Å². The Bertz CT molecular complexity index is 951. The number of hydrogen-bond donors (Lipinski definition) is 2. The van der Waals surface area contributed by atoms with Crippen molar-refractivity contribution in [2.24, 2.45) is 0 Å². The van der Waals surface area contributed by atoms with Crippen LogP contribution in [-0.4, -0.2) is 43.0 Å². The predicted molar refractivity (Wildman–Crippen MR) is 120 cm³/mol. The minimum Gasteiger partial charge on any atom is -0.496 e. The number of amides is 1. The molecule has 1 fully saturated rings. The van der Waals surface area contributed by atoms with Gasteiger partial charge in [0.1, 0.15) is 11.5 Å². The topological polar surface area (TPSA) is 81.2 Å². The van der Waals surface area contributed by atoms with E-state index in [-0.39, 0.29) is 28.8 Å². The van der Waals surface area contributed by atoms with Crippen LogP contribution in [0.3, 0.4) is 0 Å². The van der Waals surface area contributed by atoms with Crippen LogP contribution in [0.1, 0.15) is 66.8 Å². The van der Waals surface area contributed by atoms with Crippen molar-refractivity contribution in [2.45, 2.75) is 57.7 Å². The van der Waals surface area contributed by atoms with Crippen LogP contribution in [0, 0.1) is 0 Å². The van der Waals surface area contributed by atoms with Crippen LogP contribution in [0.2, 0.25) is 0 Å². The molecule has 166 valence electrons. The fourth-order valence-corrected chi connectivity index (χ4v) is 4.88. The van der Waals surface area contributed by atoms with Gasteiger partial charge >= 0.3 is 0 Å². The first-order valence-electron chi connectivity index (χ1n) is 10.6. The highest BCUT2D eigenvalue weighted by Gasteiger charge is 2.42. The number of ketones is 1. The zero-order valence-corrected chi connectivity index (χ0v) is 19.2. The first-order chi connectivity index (χ1) is 14.5. The minimum absolute atomic E-state index is 0.0352. The summed E-state index contributed by atoms with van der Waals surface area (Å²) in [4.78, 5) is 26.2. The minimum atomic E-state index is -0.229. The van der Waals surface area contributed by atoms with Crippen molar-refractivity contribution in [1.82, 2.24) is 5.32 Å². The van der Waals surface area contributed by atoms with Crippen molar-refractivity contribution < 1.29 is 24.4 Å². The lowest BCUT2D eigenvalue weighted by atomic mass is 9.79. The van der Waals surface area contributed by atoms with E-state index in [0.717, 1.165) is 12.8 Å². The summed E-state index contributed by atoms with van der Waals surface area (Å²) in [7, 11) is 2.99. The van der Waals surface area contributed by atoms with Crippen LogP contribution in [0.4, 0.5) is 0 Å². The number of rotatable bonds is 6. The summed E-state index contributed by atoms with van der Waals surface area (Å²) in [6, 6.07) is 12.2. The molecule has 0 bridgehead atoms. The second kappa shape index (κ2) is 8.71. The highest BCUT2D eigenvalue weighted by atomic mass is 16.5. The Morgan fingerprint density at radius 3 is 1.97 bits per heavy atom. The Morgan fingerprint density at radius 1 is 0.903 bits per heavy atom. The molecule has 1 amide bonds. The monoisotopic (exact) mass is 425 g/mol. The third kappa shape index (κ3) is 5.25. The summed E-state index contributed by atoms with van der Waals surface area (Å²) in [6.07, 6.45) is 1.73. The van der Waals surface area contributed by atoms with Crippen LogP contribution in [0.15, 0.2) is 42.5 Å². The van der Waals surface area contributed by atoms with E-state index in [2.05, 4.69) is 38.3 Å². The third-order valence-electron chi connectivity index (χ3n) is 5.71. The summed E-state index contributed by atoms with van der Waals surface area (Å²) in [5.74, 6) is 0.275. The summed E-state index contributed by atoms with van der Waals surface area (Å²) in [6.45, 7) is 8.78. The van der Waals surface area contributed by atoms with Gasteiger partial charge in [-0.05, 0) is 39.8 Å². The largest absolute Gasteiger partial charge is 0.496 e. The zero-order valence-electron chi connectivity index (χ0n) is 19.2. The summed E-state index contributed by atoms with van der Waals surface area (Å²) in [5.41, 5.74) is 1.33. The first kappa shape index (κ1) is 22.8. The average molecular weight is 426 g/mol. The number of quaternary nitrogens is 1. The van der Waals surface area contributed by atoms with Crippen LogP contribution in [0.5, 0.6) is 11.5 Å². The van der Waals surface area contributed by atoms with Crippen molar-refractivity contribution >= 4 is 11.7 Å². The SMILES string of the molecule is COc1cc(C(=O)c2ccccc2)c(OC)cc1C(=O)NC1CC(C)(C)[NH2+]C(C)(C)C1. The molecule has 0 spiro atoms. The van der Waals surface area contributed by atoms with Gasteiger partial charge in [-0.2, -0.15) is 0 Å². The quantitative estimate of drug-likeness (QED) is 0.698. The van der Waals surface area contributed by atoms with Crippen molar-refractivity contribution in [3.05, 3.63) is 59.2 Å². The molecule has 1 heterocycles. The van der Waals surface area contributed by atoms with E-state index in [1.165, 1.54) is 14.2 Å². The fraction of sp³-hybridized carbons (Fsp3) is 0.440. The number of benzene rings is 2. The highest BCUT2D eigenvalue weighted by molar-refractivity contribution is 6.12. The summed E-state index contributed by atoms with van der Waals surface area (Å²) in [5, 5.41) is 5.54. The molecular weight excluding hydrogens is 392 g/mol. The van der Waals surface area contributed by atoms with Gasteiger partial charge < -0.3 is 20.1 Å². The molecule has 31 heavy (non-hydrogen) atoms. The number of methoxy groups -OCH3 is 2. The van der Waals surface area contributed by atoms with Crippen LogP contribution < -0.4 is 20.1 Å². The number of nitrogens with one attached hydrogen (secondary N) is 1. The molecule has 0 saturated carbocycles. The highest BCUT2D eigenvalue weighted by Crippen LogP contribution is 2.31. The molecule has 0 aliphatic carbocycles. The summed E-state index contributed by atoms with van der Waals surface area (Å²) < 4.78 is 11.0. The maximum Gasteiger partial charge on any atom is 0.255 e. The Kier molecular flexibility index (Phi) is 6.41. The Hall–Kier alpha value is -2.86. The average Bonchev–Trinajstić information content (AvgIpc) is 2.70. The van der Waals surface area contributed by atoms with E-state index in [4.69, 9.17) is 9.47 Å². The van der Waals surface area contributed by atoms with E-state index in [9.17, 15) is 9.59 Å². The van der Waals surface area contributed by atoms with Crippen molar-refractivity contribution in [3.8, 4) is 11.5 Å². The lowest BCUT2D eigenvalue weighted by molar-refractivity contribution is -0.787. The number of piperidine rings is 1. The third-order valence-corrected chi connectivity index (χ3v) is 5.71. The molecular formula is C25H33N2O4+. The molecule has 0 atom stereocenters. The number of nitrogens with two attached hydrogens (primary N) is 1. The van der Waals surface area contributed by atoms with Crippen molar-refractivity contribution in [2.75, 3.05) is 14.2 Å². The van der Waals surface area contributed by atoms with E-state index < -0.39 is 0 Å². The smallest absolute Gasteiger partial charge is 0.255 e. The molecule has 3 N–H and O–H groups in total. The van der Waals surface area contributed by atoms with Gasteiger partial charge in [0, 0.05) is 24.4 Å². The molecule has 2 aromatic carbocycles. The molecule has 1 aliphatic heterocycles. The standard InChI is InChI=1S/C25H32N2O4/c1-24(2)14-17(15-25(3,4)27-24)26-23(29)19-13-20(30-5)18(12-21(19)31-6)22(28)16-10-8-7-9-11-16/h7-13,17,27H,14-15H2,1-6H3,(H,26,29)/p+1. The summed E-state index contributed by atoms with van der Waals surface area (Å²) >= 11 is 0. The molecule has 1 aliphatic rings. The van der Waals surface area contributed by atoms with Gasteiger partial charge in [-0.15, -0.1) is 0 Å². The molecule has 2 aromatic rings. The fourth-order valence-electron chi connectivity index (χ4n) is 4.88. The number of carbonyl (C=O) groups excluding carboxylic acids is 2. The van der Waals surface area contributed by atoms with Crippen LogP contribution in [0.25, 0.3) is 0 Å². The van der Waals surface area contributed by atoms with E-state index in [1.54, 1.807) is 24.3 Å². The molecule has 6 heteroatoms. The molecule has 6 nitrogen and oxygen atoms in total. The van der Waals surface area contributed by atoms with Gasteiger partial charge in [0.2, 0.25) is 0 Å². The van der Waals surface area contributed by atoms with Gasteiger partial charge in [-0.3, -0.25) is 9.59 Å². The van der Waals surface area contributed by atoms with Gasteiger partial charge in [0.05, 0.1) is 36.4 Å². The van der Waals surface area contributed by atoms with Crippen molar-refractivity contribution in [3.63, 3.8) is 0 Å². The normalized spacial score (nSPS) is 17.6. The van der Waals surface area contributed by atoms with Gasteiger partial charge in [-0.1, -0.05) is 30.3 Å². The lowest BCUT2D eigenvalue weighted by Gasteiger charge is -2.43. The molecule has 1 saturated heterocycles. The van der Waals surface area contributed by atoms with E-state index in [0.29, 0.717) is 28.2 Å². The lowest BCUT2D eigenvalue weighted by Crippen LogP contribution is -3.06. The Labute approximate surface area is 184 Å². The Balaban J connectivity index is 1.91. The first-order valence-corrected chi connectivity index (χ1v) is 10.6. The predicted octanol–water partition coefficient (Wildman–Crippen LogP) is 2.95.